The van der Waals surface area contributed by atoms with Gasteiger partial charge < -0.3 is 4.90 Å². The summed E-state index contributed by atoms with van der Waals surface area (Å²) in [4.78, 5) is 14.4. The molecule has 20 heavy (non-hydrogen) atoms. The summed E-state index contributed by atoms with van der Waals surface area (Å²) < 4.78 is 0. The number of nitrogens with zero attached hydrogens (tertiary/aromatic N) is 2. The van der Waals surface area contributed by atoms with Crippen LogP contribution in [0.4, 0.5) is 0 Å². The minimum atomic E-state index is 0.00144. The van der Waals surface area contributed by atoms with E-state index in [0.29, 0.717) is 5.56 Å². The van der Waals surface area contributed by atoms with Gasteiger partial charge in [0.1, 0.15) is 6.54 Å². The van der Waals surface area contributed by atoms with Crippen LogP contribution in [-0.4, -0.2) is 23.4 Å². The second-order valence-corrected chi connectivity index (χ2v) is 5.68. The van der Waals surface area contributed by atoms with Crippen LogP contribution in [0.5, 0.6) is 0 Å². The number of hydrogen-bond donors (Lipinski definition) is 0. The first-order chi connectivity index (χ1) is 9.63. The van der Waals surface area contributed by atoms with Gasteiger partial charge in [-0.3, -0.25) is 4.79 Å². The zero-order valence-electron chi connectivity index (χ0n) is 12.4. The number of carbonyl (C=O) groups is 1. The molecule has 1 aromatic carbocycles. The van der Waals surface area contributed by atoms with Crippen LogP contribution < -0.4 is 0 Å². The molecule has 0 unspecified atom stereocenters. The van der Waals surface area contributed by atoms with E-state index in [-0.39, 0.29) is 18.5 Å². The Labute approximate surface area is 121 Å². The van der Waals surface area contributed by atoms with Crippen LogP contribution >= 0.6 is 0 Å². The molecule has 106 valence electrons. The van der Waals surface area contributed by atoms with Gasteiger partial charge in [0, 0.05) is 11.6 Å². The third-order valence-corrected chi connectivity index (χ3v) is 4.27. The van der Waals surface area contributed by atoms with Gasteiger partial charge in [-0.05, 0) is 49.9 Å². The first kappa shape index (κ1) is 14.6. The van der Waals surface area contributed by atoms with Gasteiger partial charge in [-0.1, -0.05) is 25.3 Å². The largest absolute Gasteiger partial charge is 0.322 e. The van der Waals surface area contributed by atoms with Crippen molar-refractivity contribution >= 4 is 5.91 Å². The maximum absolute atomic E-state index is 12.7. The molecule has 0 saturated heterocycles. The number of carbonyl (C=O) groups excluding carboxylic acids is 1. The Morgan fingerprint density at radius 1 is 1.25 bits per heavy atom. The Balaban J connectivity index is 2.21. The Morgan fingerprint density at radius 2 is 1.95 bits per heavy atom. The molecule has 2 rings (SSSR count). The van der Waals surface area contributed by atoms with Gasteiger partial charge in [0.25, 0.3) is 5.91 Å². The summed E-state index contributed by atoms with van der Waals surface area (Å²) >= 11 is 0. The Bertz CT molecular complexity index is 524. The molecule has 0 radical (unpaired) electrons. The fraction of sp³-hybridized carbons (Fsp3) is 0.529. The van der Waals surface area contributed by atoms with Gasteiger partial charge in [-0.15, -0.1) is 0 Å². The fourth-order valence-corrected chi connectivity index (χ4v) is 2.88. The molecule has 1 saturated carbocycles. The number of nitriles is 1. The Morgan fingerprint density at radius 3 is 2.55 bits per heavy atom. The predicted molar refractivity (Wildman–Crippen MR) is 79.4 cm³/mol. The zero-order valence-corrected chi connectivity index (χ0v) is 12.4. The number of aryl methyl sites for hydroxylation is 2. The molecule has 1 aliphatic carbocycles. The Hall–Kier alpha value is -1.82. The van der Waals surface area contributed by atoms with Crippen molar-refractivity contribution < 1.29 is 4.79 Å². The van der Waals surface area contributed by atoms with E-state index in [2.05, 4.69) is 6.07 Å². The van der Waals surface area contributed by atoms with Crippen molar-refractivity contribution in [2.45, 2.75) is 52.0 Å². The highest BCUT2D eigenvalue weighted by Gasteiger charge is 2.26. The number of rotatable bonds is 3. The molecule has 1 aromatic rings. The van der Waals surface area contributed by atoms with Crippen LogP contribution in [0.2, 0.25) is 0 Å². The average Bonchev–Trinajstić information content (AvgIpc) is 2.48. The second-order valence-electron chi connectivity index (χ2n) is 5.68. The van der Waals surface area contributed by atoms with Crippen molar-refractivity contribution in [2.75, 3.05) is 6.54 Å². The van der Waals surface area contributed by atoms with Crippen LogP contribution in [0, 0.1) is 25.2 Å². The monoisotopic (exact) mass is 270 g/mol. The van der Waals surface area contributed by atoms with E-state index in [1.165, 1.54) is 12.0 Å². The van der Waals surface area contributed by atoms with Crippen molar-refractivity contribution in [1.82, 2.24) is 4.90 Å². The third kappa shape index (κ3) is 3.19. The lowest BCUT2D eigenvalue weighted by atomic mass is 9.93. The summed E-state index contributed by atoms with van der Waals surface area (Å²) in [6, 6.07) is 8.17. The first-order valence-corrected chi connectivity index (χ1v) is 7.38. The molecule has 1 fully saturated rings. The molecule has 0 aliphatic heterocycles. The van der Waals surface area contributed by atoms with Crippen LogP contribution in [0.25, 0.3) is 0 Å². The van der Waals surface area contributed by atoms with Crippen molar-refractivity contribution in [3.05, 3.63) is 34.9 Å². The van der Waals surface area contributed by atoms with Crippen LogP contribution in [0.1, 0.15) is 53.6 Å². The summed E-state index contributed by atoms with van der Waals surface area (Å²) in [6.07, 6.45) is 5.62. The van der Waals surface area contributed by atoms with Gasteiger partial charge in [-0.25, -0.2) is 0 Å². The molecular formula is C17H22N2O. The van der Waals surface area contributed by atoms with Gasteiger partial charge in [0.05, 0.1) is 6.07 Å². The molecule has 1 aliphatic rings. The van der Waals surface area contributed by atoms with Gasteiger partial charge in [-0.2, -0.15) is 5.26 Å². The molecular weight excluding hydrogens is 248 g/mol. The zero-order chi connectivity index (χ0) is 14.5. The van der Waals surface area contributed by atoms with Gasteiger partial charge in [0.15, 0.2) is 0 Å². The lowest BCUT2D eigenvalue weighted by Gasteiger charge is -2.32. The summed E-state index contributed by atoms with van der Waals surface area (Å²) in [5.41, 5.74) is 3.01. The smallest absolute Gasteiger partial charge is 0.254 e. The molecule has 3 nitrogen and oxygen atoms in total. The molecule has 0 atom stereocenters. The highest BCUT2D eigenvalue weighted by molar-refractivity contribution is 5.94. The van der Waals surface area contributed by atoms with E-state index in [1.54, 1.807) is 4.90 Å². The van der Waals surface area contributed by atoms with Crippen molar-refractivity contribution in [2.24, 2.45) is 0 Å². The standard InChI is InChI=1S/C17H22N2O/c1-13-8-9-15(12-14(13)2)17(20)19(11-10-18)16-6-4-3-5-7-16/h8-9,12,16H,3-7,11H2,1-2H3. The summed E-state index contributed by atoms with van der Waals surface area (Å²) in [7, 11) is 0. The fourth-order valence-electron chi connectivity index (χ4n) is 2.88. The van der Waals surface area contributed by atoms with Crippen LogP contribution in [-0.2, 0) is 0 Å². The Kier molecular flexibility index (Phi) is 4.79. The lowest BCUT2D eigenvalue weighted by Crippen LogP contribution is -2.41. The number of amides is 1. The highest BCUT2D eigenvalue weighted by atomic mass is 16.2. The summed E-state index contributed by atoms with van der Waals surface area (Å²) in [5, 5.41) is 9.02. The second kappa shape index (κ2) is 6.56. The molecule has 0 N–H and O–H groups in total. The third-order valence-electron chi connectivity index (χ3n) is 4.27. The lowest BCUT2D eigenvalue weighted by molar-refractivity contribution is 0.0666. The van der Waals surface area contributed by atoms with Gasteiger partial charge >= 0.3 is 0 Å². The van der Waals surface area contributed by atoms with E-state index < -0.39 is 0 Å². The van der Waals surface area contributed by atoms with Gasteiger partial charge in [0.2, 0.25) is 0 Å². The normalized spacial score (nSPS) is 15.7. The van der Waals surface area contributed by atoms with Crippen LogP contribution in [0.3, 0.4) is 0 Å². The van der Waals surface area contributed by atoms with E-state index in [0.717, 1.165) is 31.2 Å². The minimum absolute atomic E-state index is 0.00144. The molecule has 0 aromatic heterocycles. The van der Waals surface area contributed by atoms with Crippen molar-refractivity contribution in [3.8, 4) is 6.07 Å². The summed E-state index contributed by atoms with van der Waals surface area (Å²) in [6.45, 7) is 4.25. The molecule has 0 heterocycles. The van der Waals surface area contributed by atoms with E-state index in [1.807, 2.05) is 32.0 Å². The molecule has 1 amide bonds. The highest BCUT2D eigenvalue weighted by Crippen LogP contribution is 2.24. The predicted octanol–water partition coefficient (Wildman–Crippen LogP) is 3.60. The van der Waals surface area contributed by atoms with E-state index in [9.17, 15) is 4.79 Å². The maximum atomic E-state index is 12.7. The molecule has 0 spiro atoms. The number of benzene rings is 1. The maximum Gasteiger partial charge on any atom is 0.254 e. The number of hydrogen-bond acceptors (Lipinski definition) is 2. The average molecular weight is 270 g/mol. The molecule has 3 heteroatoms. The van der Waals surface area contributed by atoms with Crippen LogP contribution in [0.15, 0.2) is 18.2 Å². The van der Waals surface area contributed by atoms with Crippen molar-refractivity contribution in [1.29, 1.82) is 5.26 Å². The minimum Gasteiger partial charge on any atom is -0.322 e. The molecule has 0 bridgehead atoms. The topological polar surface area (TPSA) is 44.1 Å². The van der Waals surface area contributed by atoms with Crippen molar-refractivity contribution in [3.63, 3.8) is 0 Å². The van der Waals surface area contributed by atoms with E-state index in [4.69, 9.17) is 5.26 Å². The van der Waals surface area contributed by atoms with E-state index >= 15 is 0 Å². The summed E-state index contributed by atoms with van der Waals surface area (Å²) in [5.74, 6) is 0.00144. The SMILES string of the molecule is Cc1ccc(C(=O)N(CC#N)C2CCCCC2)cc1C. The quantitative estimate of drug-likeness (QED) is 0.788. The first-order valence-electron chi connectivity index (χ1n) is 7.38.